The van der Waals surface area contributed by atoms with Gasteiger partial charge in [0.25, 0.3) is 5.91 Å². The van der Waals surface area contributed by atoms with Crippen LogP contribution in [0.25, 0.3) is 10.8 Å². The number of aromatic nitrogens is 2. The first-order valence-electron chi connectivity index (χ1n) is 8.39. The summed E-state index contributed by atoms with van der Waals surface area (Å²) in [5, 5.41) is 5.30. The van der Waals surface area contributed by atoms with Crippen LogP contribution in [0, 0.1) is 0 Å². The number of halogens is 1. The van der Waals surface area contributed by atoms with Gasteiger partial charge in [0.1, 0.15) is 6.33 Å². The first kappa shape index (κ1) is 19.8. The van der Waals surface area contributed by atoms with E-state index in [4.69, 9.17) is 5.73 Å². The number of fused-ring (bicyclic) bond motifs is 1. The van der Waals surface area contributed by atoms with Gasteiger partial charge in [-0.1, -0.05) is 50.2 Å². The molecule has 0 aliphatic heterocycles. The lowest BCUT2D eigenvalue weighted by Gasteiger charge is -2.19. The molecule has 0 saturated carbocycles. The van der Waals surface area contributed by atoms with Crippen molar-refractivity contribution in [2.45, 2.75) is 25.8 Å². The Hall–Kier alpha value is -2.50. The highest BCUT2D eigenvalue weighted by molar-refractivity contribution is 5.95. The lowest BCUT2D eigenvalue weighted by atomic mass is 10.0. The van der Waals surface area contributed by atoms with Gasteiger partial charge in [-0.15, -0.1) is 12.4 Å². The average Bonchev–Trinajstić information content (AvgIpc) is 2.65. The third-order valence-electron chi connectivity index (χ3n) is 4.25. The van der Waals surface area contributed by atoms with E-state index >= 15 is 0 Å². The number of carbonyl (C=O) groups is 1. The van der Waals surface area contributed by atoms with E-state index in [2.05, 4.69) is 33.5 Å². The third-order valence-corrected chi connectivity index (χ3v) is 4.25. The van der Waals surface area contributed by atoms with E-state index in [1.54, 1.807) is 6.20 Å². The molecule has 3 N–H and O–H groups in total. The molecule has 1 unspecified atom stereocenters. The van der Waals surface area contributed by atoms with E-state index in [0.717, 1.165) is 22.0 Å². The maximum Gasteiger partial charge on any atom is 0.255 e. The number of benzene rings is 2. The first-order valence-corrected chi connectivity index (χ1v) is 8.39. The molecule has 136 valence electrons. The fourth-order valence-corrected chi connectivity index (χ4v) is 2.91. The molecule has 1 heterocycles. The maximum absolute atomic E-state index is 12.7. The second kappa shape index (κ2) is 8.74. The van der Waals surface area contributed by atoms with Crippen LogP contribution in [-0.4, -0.2) is 22.4 Å². The summed E-state index contributed by atoms with van der Waals surface area (Å²) < 4.78 is 0. The molecule has 1 amide bonds. The molecular weight excluding hydrogens is 348 g/mol. The van der Waals surface area contributed by atoms with Crippen molar-refractivity contribution in [3.63, 3.8) is 0 Å². The van der Waals surface area contributed by atoms with Gasteiger partial charge in [-0.05, 0) is 28.3 Å². The minimum absolute atomic E-state index is 0. The predicted octanol–water partition coefficient (Wildman–Crippen LogP) is 3.60. The van der Waals surface area contributed by atoms with Crippen molar-refractivity contribution in [2.75, 3.05) is 6.54 Å². The summed E-state index contributed by atoms with van der Waals surface area (Å²) >= 11 is 0. The van der Waals surface area contributed by atoms with Gasteiger partial charge in [0.15, 0.2) is 0 Å². The van der Waals surface area contributed by atoms with Crippen molar-refractivity contribution in [1.29, 1.82) is 0 Å². The summed E-state index contributed by atoms with van der Waals surface area (Å²) in [6, 6.07) is 14.0. The monoisotopic (exact) mass is 370 g/mol. The molecule has 5 nitrogen and oxygen atoms in total. The van der Waals surface area contributed by atoms with Gasteiger partial charge < -0.3 is 11.1 Å². The van der Waals surface area contributed by atoms with E-state index in [1.807, 2.05) is 38.1 Å². The Morgan fingerprint density at radius 3 is 2.58 bits per heavy atom. The van der Waals surface area contributed by atoms with Crippen LogP contribution >= 0.6 is 12.4 Å². The van der Waals surface area contributed by atoms with Crippen molar-refractivity contribution < 1.29 is 4.79 Å². The molecule has 26 heavy (non-hydrogen) atoms. The number of hydrogen-bond donors (Lipinski definition) is 2. The van der Waals surface area contributed by atoms with Crippen LogP contribution in [0.15, 0.2) is 55.0 Å². The van der Waals surface area contributed by atoms with Crippen molar-refractivity contribution in [2.24, 2.45) is 5.73 Å². The predicted molar refractivity (Wildman–Crippen MR) is 107 cm³/mol. The molecule has 3 aromatic rings. The van der Waals surface area contributed by atoms with Crippen LogP contribution < -0.4 is 11.1 Å². The molecule has 0 fully saturated rings. The molecular formula is C20H23ClN4O. The molecule has 2 aromatic carbocycles. The number of nitrogens with one attached hydrogen (secondary N) is 1. The zero-order chi connectivity index (χ0) is 17.8. The number of nitrogens with zero attached hydrogens (tertiary/aromatic N) is 2. The maximum atomic E-state index is 12.7. The molecule has 1 aromatic heterocycles. The highest BCUT2D eigenvalue weighted by atomic mass is 35.5. The highest BCUT2D eigenvalue weighted by Gasteiger charge is 2.19. The molecule has 6 heteroatoms. The summed E-state index contributed by atoms with van der Waals surface area (Å²) in [7, 11) is 0. The van der Waals surface area contributed by atoms with Gasteiger partial charge in [-0.25, -0.2) is 9.97 Å². The largest absolute Gasteiger partial charge is 0.344 e. The van der Waals surface area contributed by atoms with Crippen molar-refractivity contribution in [1.82, 2.24) is 15.3 Å². The van der Waals surface area contributed by atoms with E-state index in [1.165, 1.54) is 6.33 Å². The minimum Gasteiger partial charge on any atom is -0.344 e. The summed E-state index contributed by atoms with van der Waals surface area (Å²) in [6.45, 7) is 4.32. The lowest BCUT2D eigenvalue weighted by Crippen LogP contribution is -2.34. The second-order valence-electron chi connectivity index (χ2n) is 6.34. The van der Waals surface area contributed by atoms with Gasteiger partial charge in [0, 0.05) is 12.7 Å². The Morgan fingerprint density at radius 1 is 1.15 bits per heavy atom. The Morgan fingerprint density at radius 2 is 1.88 bits per heavy atom. The zero-order valence-electron chi connectivity index (χ0n) is 14.8. The standard InChI is InChI=1S/C20H22N4O.ClH/c1-13(2)19-17(11-22-12-23-19)20(25)24-18(10-21)16-8-7-14-5-3-4-6-15(14)9-16;/h3-9,11-13,18H,10,21H2,1-2H3,(H,24,25);1H. The summed E-state index contributed by atoms with van der Waals surface area (Å²) in [5.74, 6) is -0.0614. The van der Waals surface area contributed by atoms with Gasteiger partial charge in [0.2, 0.25) is 0 Å². The van der Waals surface area contributed by atoms with Crippen LogP contribution in [-0.2, 0) is 0 Å². The quantitative estimate of drug-likeness (QED) is 0.718. The van der Waals surface area contributed by atoms with E-state index in [9.17, 15) is 4.79 Å². The van der Waals surface area contributed by atoms with E-state index in [0.29, 0.717) is 12.1 Å². The molecule has 1 atom stereocenters. The van der Waals surface area contributed by atoms with E-state index in [-0.39, 0.29) is 30.3 Å². The topological polar surface area (TPSA) is 80.9 Å². The number of hydrogen-bond acceptors (Lipinski definition) is 4. The molecule has 0 saturated heterocycles. The van der Waals surface area contributed by atoms with Crippen LogP contribution in [0.3, 0.4) is 0 Å². The number of carbonyl (C=O) groups excluding carboxylic acids is 1. The van der Waals surface area contributed by atoms with Crippen molar-refractivity contribution >= 4 is 29.1 Å². The summed E-state index contributed by atoms with van der Waals surface area (Å²) in [4.78, 5) is 21.0. The van der Waals surface area contributed by atoms with Crippen LogP contribution in [0.2, 0.25) is 0 Å². The van der Waals surface area contributed by atoms with Gasteiger partial charge in [-0.2, -0.15) is 0 Å². The molecule has 0 spiro atoms. The first-order chi connectivity index (χ1) is 12.1. The fourth-order valence-electron chi connectivity index (χ4n) is 2.91. The third kappa shape index (κ3) is 4.18. The number of rotatable bonds is 5. The Balaban J connectivity index is 0.00000243. The van der Waals surface area contributed by atoms with Gasteiger partial charge in [-0.3, -0.25) is 4.79 Å². The molecule has 0 radical (unpaired) electrons. The lowest BCUT2D eigenvalue weighted by molar-refractivity contribution is 0.0935. The smallest absolute Gasteiger partial charge is 0.255 e. The van der Waals surface area contributed by atoms with Crippen LogP contribution in [0.5, 0.6) is 0 Å². The molecule has 0 aliphatic rings. The normalized spacial score (nSPS) is 11.8. The number of amides is 1. The number of nitrogens with two attached hydrogens (primary N) is 1. The molecule has 3 rings (SSSR count). The van der Waals surface area contributed by atoms with Gasteiger partial charge >= 0.3 is 0 Å². The Kier molecular flexibility index (Phi) is 6.66. The van der Waals surface area contributed by atoms with Crippen LogP contribution in [0.1, 0.15) is 47.4 Å². The molecule has 0 aliphatic carbocycles. The minimum atomic E-state index is -0.266. The Labute approximate surface area is 159 Å². The average molecular weight is 371 g/mol. The Bertz CT molecular complexity index is 898. The SMILES string of the molecule is CC(C)c1ncncc1C(=O)NC(CN)c1ccc2ccccc2c1.Cl. The van der Waals surface area contributed by atoms with Crippen LogP contribution in [0.4, 0.5) is 0 Å². The highest BCUT2D eigenvalue weighted by Crippen LogP contribution is 2.21. The van der Waals surface area contributed by atoms with E-state index < -0.39 is 0 Å². The zero-order valence-corrected chi connectivity index (χ0v) is 15.7. The fraction of sp³-hybridized carbons (Fsp3) is 0.250. The summed E-state index contributed by atoms with van der Waals surface area (Å²) in [6.07, 6.45) is 3.03. The molecule has 0 bridgehead atoms. The van der Waals surface area contributed by atoms with Crippen molar-refractivity contribution in [3.8, 4) is 0 Å². The van der Waals surface area contributed by atoms with Crippen molar-refractivity contribution in [3.05, 3.63) is 71.8 Å². The summed E-state index contributed by atoms with van der Waals surface area (Å²) in [5.41, 5.74) is 8.15. The van der Waals surface area contributed by atoms with Gasteiger partial charge in [0.05, 0.1) is 17.3 Å². The second-order valence-corrected chi connectivity index (χ2v) is 6.34.